The Morgan fingerprint density at radius 3 is 2.61 bits per heavy atom. The van der Waals surface area contributed by atoms with Crippen molar-refractivity contribution < 1.29 is 9.59 Å². The average molecular weight is 385 g/mol. The van der Waals surface area contributed by atoms with Gasteiger partial charge in [0.25, 0.3) is 5.91 Å². The molecule has 1 aliphatic heterocycles. The largest absolute Gasteiger partial charge is 0.351 e. The van der Waals surface area contributed by atoms with Crippen molar-refractivity contribution >= 4 is 22.7 Å². The van der Waals surface area contributed by atoms with E-state index in [0.717, 1.165) is 23.9 Å². The summed E-state index contributed by atoms with van der Waals surface area (Å²) in [5.41, 5.74) is 0.996. The third-order valence-electron chi connectivity index (χ3n) is 5.57. The number of H-pyrrole nitrogens is 1. The molecule has 3 atom stereocenters. The van der Waals surface area contributed by atoms with Crippen LogP contribution in [0.25, 0.3) is 10.9 Å². The average Bonchev–Trinajstić information content (AvgIpc) is 3.08. The van der Waals surface area contributed by atoms with Crippen LogP contribution in [-0.4, -0.2) is 52.9 Å². The van der Waals surface area contributed by atoms with Crippen molar-refractivity contribution in [1.82, 2.24) is 20.5 Å². The minimum atomic E-state index is -0.582. The predicted molar refractivity (Wildman–Crippen MR) is 112 cm³/mol. The van der Waals surface area contributed by atoms with E-state index in [0.29, 0.717) is 18.3 Å². The van der Waals surface area contributed by atoms with E-state index >= 15 is 0 Å². The standard InChI is InChI=1S/C22H32N4O2/c1-6-11-23-18-13-26(14(18)2)21(28)19(22(3,4)5)25-20(27)17-12-15-9-7-8-10-16(15)24-17/h7-10,12,14,18-19,23-24H,6,11,13H2,1-5H3,(H,25,27)/t14?,18-,19-/m1/s1. The molecule has 3 rings (SSSR count). The lowest BCUT2D eigenvalue weighted by Gasteiger charge is -2.49. The number of amides is 2. The van der Waals surface area contributed by atoms with Gasteiger partial charge in [0.05, 0.1) is 0 Å². The van der Waals surface area contributed by atoms with Crippen LogP contribution >= 0.6 is 0 Å². The van der Waals surface area contributed by atoms with Gasteiger partial charge in [0.15, 0.2) is 0 Å². The van der Waals surface area contributed by atoms with Crippen molar-refractivity contribution in [3.8, 4) is 0 Å². The van der Waals surface area contributed by atoms with Crippen LogP contribution in [0.5, 0.6) is 0 Å². The van der Waals surface area contributed by atoms with Gasteiger partial charge in [-0.3, -0.25) is 9.59 Å². The lowest BCUT2D eigenvalue weighted by atomic mass is 9.84. The van der Waals surface area contributed by atoms with Crippen LogP contribution in [0.2, 0.25) is 0 Å². The second-order valence-electron chi connectivity index (χ2n) is 8.83. The van der Waals surface area contributed by atoms with Gasteiger partial charge in [-0.1, -0.05) is 45.9 Å². The number of nitrogens with zero attached hydrogens (tertiary/aromatic N) is 1. The smallest absolute Gasteiger partial charge is 0.268 e. The number of aromatic nitrogens is 1. The van der Waals surface area contributed by atoms with Gasteiger partial charge in [-0.15, -0.1) is 0 Å². The number of hydrogen-bond acceptors (Lipinski definition) is 3. The minimum Gasteiger partial charge on any atom is -0.351 e. The molecule has 1 fully saturated rings. The second-order valence-corrected chi connectivity index (χ2v) is 8.83. The van der Waals surface area contributed by atoms with Gasteiger partial charge >= 0.3 is 0 Å². The SMILES string of the molecule is CCCN[C@@H]1CN(C(=O)[C@@H](NC(=O)c2cc3ccccc3[nH]2)C(C)(C)C)C1C. The molecule has 3 N–H and O–H groups in total. The third-order valence-corrected chi connectivity index (χ3v) is 5.57. The van der Waals surface area contributed by atoms with E-state index in [1.165, 1.54) is 0 Å². The molecule has 0 radical (unpaired) electrons. The highest BCUT2D eigenvalue weighted by molar-refractivity contribution is 6.00. The highest BCUT2D eigenvalue weighted by Gasteiger charge is 2.44. The summed E-state index contributed by atoms with van der Waals surface area (Å²) in [5, 5.41) is 7.44. The predicted octanol–water partition coefficient (Wildman–Crippen LogP) is 2.91. The maximum absolute atomic E-state index is 13.2. The Labute approximate surface area is 167 Å². The van der Waals surface area contributed by atoms with Crippen LogP contribution in [0.4, 0.5) is 0 Å². The summed E-state index contributed by atoms with van der Waals surface area (Å²) in [4.78, 5) is 31.1. The van der Waals surface area contributed by atoms with Crippen molar-refractivity contribution in [2.24, 2.45) is 5.41 Å². The molecule has 6 heteroatoms. The first kappa shape index (κ1) is 20.4. The van der Waals surface area contributed by atoms with Crippen LogP contribution in [0, 0.1) is 5.41 Å². The number of likely N-dealkylation sites (tertiary alicyclic amines) is 1. The fourth-order valence-corrected chi connectivity index (χ4v) is 3.68. The van der Waals surface area contributed by atoms with Gasteiger partial charge in [-0.25, -0.2) is 0 Å². The molecule has 2 heterocycles. The van der Waals surface area contributed by atoms with E-state index < -0.39 is 6.04 Å². The Morgan fingerprint density at radius 2 is 2.00 bits per heavy atom. The highest BCUT2D eigenvalue weighted by Crippen LogP contribution is 2.27. The molecule has 28 heavy (non-hydrogen) atoms. The van der Waals surface area contributed by atoms with E-state index in [1.807, 2.05) is 56.0 Å². The van der Waals surface area contributed by atoms with Crippen LogP contribution in [0.3, 0.4) is 0 Å². The zero-order valence-electron chi connectivity index (χ0n) is 17.5. The first-order valence-corrected chi connectivity index (χ1v) is 10.1. The van der Waals surface area contributed by atoms with Gasteiger partial charge < -0.3 is 20.5 Å². The van der Waals surface area contributed by atoms with Crippen LogP contribution in [-0.2, 0) is 4.79 Å². The lowest BCUT2D eigenvalue weighted by Crippen LogP contribution is -2.70. The maximum Gasteiger partial charge on any atom is 0.268 e. The molecule has 2 amide bonds. The molecule has 0 spiro atoms. The summed E-state index contributed by atoms with van der Waals surface area (Å²) in [5.74, 6) is -0.266. The van der Waals surface area contributed by atoms with E-state index in [9.17, 15) is 9.59 Å². The van der Waals surface area contributed by atoms with E-state index in [4.69, 9.17) is 0 Å². The number of hydrogen-bond donors (Lipinski definition) is 3. The number of para-hydroxylation sites is 1. The normalized spacial score (nSPS) is 20.7. The molecule has 2 aromatic rings. The van der Waals surface area contributed by atoms with Crippen molar-refractivity contribution in [2.45, 2.75) is 59.2 Å². The van der Waals surface area contributed by atoms with Crippen molar-refractivity contribution in [3.05, 3.63) is 36.0 Å². The van der Waals surface area contributed by atoms with Crippen LogP contribution < -0.4 is 10.6 Å². The number of nitrogens with one attached hydrogen (secondary N) is 3. The molecule has 152 valence electrons. The molecular weight excluding hydrogens is 352 g/mol. The Kier molecular flexibility index (Phi) is 5.79. The third kappa shape index (κ3) is 4.07. The molecule has 1 aromatic heterocycles. The Morgan fingerprint density at radius 1 is 1.29 bits per heavy atom. The fraction of sp³-hybridized carbons (Fsp3) is 0.545. The van der Waals surface area contributed by atoms with Gasteiger partial charge in [-0.2, -0.15) is 0 Å². The Balaban J connectivity index is 1.72. The summed E-state index contributed by atoms with van der Waals surface area (Å²) in [6, 6.07) is 9.46. The number of rotatable bonds is 6. The number of fused-ring (bicyclic) bond motifs is 1. The Hall–Kier alpha value is -2.34. The molecule has 6 nitrogen and oxygen atoms in total. The monoisotopic (exact) mass is 384 g/mol. The number of carbonyl (C=O) groups excluding carboxylic acids is 2. The lowest BCUT2D eigenvalue weighted by molar-refractivity contribution is -0.145. The summed E-state index contributed by atoms with van der Waals surface area (Å²) in [7, 11) is 0. The number of aromatic amines is 1. The first-order chi connectivity index (χ1) is 13.2. The van der Waals surface area contributed by atoms with Gasteiger partial charge in [0.1, 0.15) is 11.7 Å². The van der Waals surface area contributed by atoms with Crippen molar-refractivity contribution in [3.63, 3.8) is 0 Å². The molecule has 1 aliphatic rings. The van der Waals surface area contributed by atoms with E-state index in [-0.39, 0.29) is 23.3 Å². The summed E-state index contributed by atoms with van der Waals surface area (Å²) < 4.78 is 0. The maximum atomic E-state index is 13.2. The molecule has 0 bridgehead atoms. The summed E-state index contributed by atoms with van der Waals surface area (Å²) >= 11 is 0. The zero-order chi connectivity index (χ0) is 20.5. The molecule has 1 aromatic carbocycles. The van der Waals surface area contributed by atoms with Gasteiger partial charge in [-0.05, 0) is 37.4 Å². The Bertz CT molecular complexity index is 819. The quantitative estimate of drug-likeness (QED) is 0.717. The number of carbonyl (C=O) groups is 2. The van der Waals surface area contributed by atoms with E-state index in [1.54, 1.807) is 0 Å². The van der Waals surface area contributed by atoms with Crippen LogP contribution in [0.15, 0.2) is 30.3 Å². The van der Waals surface area contributed by atoms with Crippen molar-refractivity contribution in [1.29, 1.82) is 0 Å². The van der Waals surface area contributed by atoms with Crippen molar-refractivity contribution in [2.75, 3.05) is 13.1 Å². The molecule has 0 aliphatic carbocycles. The molecule has 1 unspecified atom stereocenters. The molecular formula is C22H32N4O2. The zero-order valence-corrected chi connectivity index (χ0v) is 17.5. The summed E-state index contributed by atoms with van der Waals surface area (Å²) in [6.45, 7) is 11.8. The summed E-state index contributed by atoms with van der Waals surface area (Å²) in [6.07, 6.45) is 1.07. The van der Waals surface area contributed by atoms with Gasteiger partial charge in [0, 0.05) is 29.5 Å². The topological polar surface area (TPSA) is 77.2 Å². The van der Waals surface area contributed by atoms with E-state index in [2.05, 4.69) is 29.5 Å². The second kappa shape index (κ2) is 7.95. The number of benzene rings is 1. The molecule has 1 saturated heterocycles. The minimum absolute atomic E-state index is 0.0148. The first-order valence-electron chi connectivity index (χ1n) is 10.1. The van der Waals surface area contributed by atoms with Crippen LogP contribution in [0.1, 0.15) is 51.5 Å². The molecule has 0 saturated carbocycles. The van der Waals surface area contributed by atoms with Gasteiger partial charge in [0.2, 0.25) is 5.91 Å². The fourth-order valence-electron chi connectivity index (χ4n) is 3.68. The highest BCUT2D eigenvalue weighted by atomic mass is 16.2.